The second-order valence-electron chi connectivity index (χ2n) is 3.51. The lowest BCUT2D eigenvalue weighted by atomic mass is 10.1. The number of ketones is 1. The van der Waals surface area contributed by atoms with E-state index in [2.05, 4.69) is 5.32 Å². The number of rotatable bonds is 5. The third-order valence-electron chi connectivity index (χ3n) is 2.26. The van der Waals surface area contributed by atoms with Crippen molar-refractivity contribution in [3.05, 3.63) is 29.8 Å². The minimum atomic E-state index is -3.68. The van der Waals surface area contributed by atoms with Gasteiger partial charge in [-0.05, 0) is 12.1 Å². The molecule has 0 heterocycles. The van der Waals surface area contributed by atoms with Crippen molar-refractivity contribution in [1.82, 2.24) is 5.32 Å². The van der Waals surface area contributed by atoms with Gasteiger partial charge in [0.1, 0.15) is 5.75 Å². The predicted molar refractivity (Wildman–Crippen MR) is 67.6 cm³/mol. The maximum absolute atomic E-state index is 11.8. The first-order chi connectivity index (χ1) is 8.40. The average molecular weight is 290 g/mol. The lowest BCUT2D eigenvalue weighted by Gasteiger charge is -2.04. The highest BCUT2D eigenvalue weighted by Gasteiger charge is 2.18. The van der Waals surface area contributed by atoms with Crippen molar-refractivity contribution in [2.75, 3.05) is 18.7 Å². The number of carbonyl (C=O) groups excluding carboxylic acids is 2. The quantitative estimate of drug-likeness (QED) is 0.637. The van der Waals surface area contributed by atoms with Gasteiger partial charge in [0.2, 0.25) is 5.91 Å². The normalized spacial score (nSPS) is 11.0. The van der Waals surface area contributed by atoms with Gasteiger partial charge in [0.25, 0.3) is 0 Å². The van der Waals surface area contributed by atoms with Crippen LogP contribution in [0.15, 0.2) is 29.2 Å². The van der Waals surface area contributed by atoms with Crippen LogP contribution in [0.2, 0.25) is 0 Å². The zero-order chi connectivity index (χ0) is 13.8. The molecule has 0 saturated carbocycles. The summed E-state index contributed by atoms with van der Waals surface area (Å²) >= 11 is 5.38. The molecule has 0 radical (unpaired) electrons. The van der Waals surface area contributed by atoms with Crippen LogP contribution in [0.5, 0.6) is 0 Å². The van der Waals surface area contributed by atoms with E-state index in [4.69, 9.17) is 11.6 Å². The van der Waals surface area contributed by atoms with Crippen molar-refractivity contribution in [2.24, 2.45) is 0 Å². The van der Waals surface area contributed by atoms with E-state index in [1.807, 2.05) is 0 Å². The summed E-state index contributed by atoms with van der Waals surface area (Å²) in [6.45, 7) is 0. The largest absolute Gasteiger partial charge is 0.358 e. The number of hydrogen-bond donors (Lipinski definition) is 1. The predicted octanol–water partition coefficient (Wildman–Crippen LogP) is 0.628. The number of halogens is 1. The van der Waals surface area contributed by atoms with Crippen LogP contribution in [-0.2, 0) is 14.6 Å². The van der Waals surface area contributed by atoms with E-state index in [1.165, 1.54) is 31.3 Å². The second-order valence-corrected chi connectivity index (χ2v) is 5.77. The van der Waals surface area contributed by atoms with Gasteiger partial charge in [-0.15, -0.1) is 11.6 Å². The molecule has 1 rings (SSSR count). The van der Waals surface area contributed by atoms with Gasteiger partial charge in [-0.3, -0.25) is 9.59 Å². The maximum Gasteiger partial charge on any atom is 0.235 e. The minimum Gasteiger partial charge on any atom is -0.358 e. The highest BCUT2D eigenvalue weighted by molar-refractivity contribution is 7.92. The van der Waals surface area contributed by atoms with Crippen molar-refractivity contribution in [1.29, 1.82) is 0 Å². The number of amides is 1. The van der Waals surface area contributed by atoms with Crippen LogP contribution in [-0.4, -0.2) is 38.8 Å². The first kappa shape index (κ1) is 14.7. The number of Topliss-reactive ketones (excluding diaryl/α,β-unsaturated/α-hetero) is 1. The number of hydrogen-bond acceptors (Lipinski definition) is 4. The van der Waals surface area contributed by atoms with E-state index in [-0.39, 0.29) is 16.6 Å². The summed E-state index contributed by atoms with van der Waals surface area (Å²) in [6.07, 6.45) is 0. The van der Waals surface area contributed by atoms with Crippen molar-refractivity contribution < 1.29 is 18.0 Å². The molecule has 7 heteroatoms. The fourth-order valence-corrected chi connectivity index (χ4v) is 2.61. The van der Waals surface area contributed by atoms with Crippen LogP contribution in [0.1, 0.15) is 10.4 Å². The maximum atomic E-state index is 11.8. The van der Waals surface area contributed by atoms with Gasteiger partial charge in [0, 0.05) is 12.6 Å². The molecule has 0 atom stereocenters. The topological polar surface area (TPSA) is 80.3 Å². The number of carbonyl (C=O) groups is 2. The Labute approximate surface area is 110 Å². The molecule has 0 bridgehead atoms. The minimum absolute atomic E-state index is 0.00257. The van der Waals surface area contributed by atoms with Crippen LogP contribution in [0.3, 0.4) is 0 Å². The molecule has 0 saturated heterocycles. The summed E-state index contributed by atoms with van der Waals surface area (Å²) in [4.78, 5) is 22.3. The molecule has 0 spiro atoms. The van der Waals surface area contributed by atoms with Gasteiger partial charge in [0.15, 0.2) is 15.6 Å². The molecule has 98 valence electrons. The van der Waals surface area contributed by atoms with Crippen LogP contribution in [0.4, 0.5) is 0 Å². The van der Waals surface area contributed by atoms with Gasteiger partial charge in [-0.2, -0.15) is 0 Å². The number of sulfone groups is 1. The molecule has 18 heavy (non-hydrogen) atoms. The molecule has 0 unspecified atom stereocenters. The average Bonchev–Trinajstić information content (AvgIpc) is 2.37. The van der Waals surface area contributed by atoms with Crippen molar-refractivity contribution in [2.45, 2.75) is 4.90 Å². The summed E-state index contributed by atoms with van der Waals surface area (Å²) in [5, 5.41) is 2.24. The van der Waals surface area contributed by atoms with Crippen LogP contribution >= 0.6 is 11.6 Å². The van der Waals surface area contributed by atoms with E-state index in [9.17, 15) is 18.0 Å². The second kappa shape index (κ2) is 5.97. The van der Waals surface area contributed by atoms with Crippen molar-refractivity contribution in [3.8, 4) is 0 Å². The van der Waals surface area contributed by atoms with E-state index in [0.29, 0.717) is 5.56 Å². The first-order valence-corrected chi connectivity index (χ1v) is 7.22. The third kappa shape index (κ3) is 3.54. The smallest absolute Gasteiger partial charge is 0.235 e. The van der Waals surface area contributed by atoms with Gasteiger partial charge in [0.05, 0.1) is 10.8 Å². The molecule has 5 nitrogen and oxygen atoms in total. The Kier molecular flexibility index (Phi) is 4.86. The third-order valence-corrected chi connectivity index (χ3v) is 4.13. The Morgan fingerprint density at radius 2 is 1.78 bits per heavy atom. The fourth-order valence-electron chi connectivity index (χ4n) is 1.25. The molecule has 0 aromatic heterocycles. The summed E-state index contributed by atoms with van der Waals surface area (Å²) in [7, 11) is -2.32. The molecular weight excluding hydrogens is 278 g/mol. The molecule has 1 amide bonds. The fraction of sp³-hybridized carbons (Fsp3) is 0.273. The Bertz CT molecular complexity index is 551. The van der Waals surface area contributed by atoms with E-state index >= 15 is 0 Å². The van der Waals surface area contributed by atoms with E-state index < -0.39 is 21.5 Å². The highest BCUT2D eigenvalue weighted by Crippen LogP contribution is 2.13. The van der Waals surface area contributed by atoms with Crippen LogP contribution < -0.4 is 5.32 Å². The SMILES string of the molecule is CNC(=O)CS(=O)(=O)c1ccc(C(=O)CCl)cc1. The Morgan fingerprint density at radius 3 is 2.22 bits per heavy atom. The van der Waals surface area contributed by atoms with Gasteiger partial charge < -0.3 is 5.32 Å². The highest BCUT2D eigenvalue weighted by atomic mass is 35.5. The summed E-state index contributed by atoms with van der Waals surface area (Å²) in [5.41, 5.74) is 0.337. The number of alkyl halides is 1. The van der Waals surface area contributed by atoms with E-state index in [0.717, 1.165) is 0 Å². The standard InChI is InChI=1S/C11H12ClNO4S/c1-13-11(15)7-18(16,17)9-4-2-8(3-5-9)10(14)6-12/h2-5H,6-7H2,1H3,(H,13,15). The first-order valence-electron chi connectivity index (χ1n) is 5.03. The van der Waals surface area contributed by atoms with Gasteiger partial charge in [-0.25, -0.2) is 8.42 Å². The molecule has 1 N–H and O–H groups in total. The monoisotopic (exact) mass is 289 g/mol. The lowest BCUT2D eigenvalue weighted by Crippen LogP contribution is -2.27. The zero-order valence-electron chi connectivity index (χ0n) is 9.64. The van der Waals surface area contributed by atoms with Crippen LogP contribution in [0.25, 0.3) is 0 Å². The molecule has 0 aliphatic rings. The molecule has 0 aliphatic heterocycles. The zero-order valence-corrected chi connectivity index (χ0v) is 11.2. The Morgan fingerprint density at radius 1 is 1.22 bits per heavy atom. The van der Waals surface area contributed by atoms with Gasteiger partial charge in [-0.1, -0.05) is 12.1 Å². The summed E-state index contributed by atoms with van der Waals surface area (Å²) in [5.74, 6) is -1.65. The number of benzene rings is 1. The van der Waals surface area contributed by atoms with Crippen LogP contribution in [0, 0.1) is 0 Å². The summed E-state index contributed by atoms with van der Waals surface area (Å²) < 4.78 is 23.6. The Hall–Kier alpha value is -1.40. The summed E-state index contributed by atoms with van der Waals surface area (Å²) in [6, 6.07) is 5.33. The molecular formula is C11H12ClNO4S. The van der Waals surface area contributed by atoms with Crippen molar-refractivity contribution >= 4 is 33.1 Å². The molecule has 0 fully saturated rings. The number of nitrogens with one attached hydrogen (secondary N) is 1. The molecule has 1 aromatic carbocycles. The lowest BCUT2D eigenvalue weighted by molar-refractivity contribution is -0.118. The molecule has 0 aliphatic carbocycles. The van der Waals surface area contributed by atoms with Gasteiger partial charge >= 0.3 is 0 Å². The Balaban J connectivity index is 2.98. The van der Waals surface area contributed by atoms with E-state index in [1.54, 1.807) is 0 Å². The van der Waals surface area contributed by atoms with Crippen molar-refractivity contribution in [3.63, 3.8) is 0 Å². The molecule has 1 aromatic rings.